The van der Waals surface area contributed by atoms with Crippen LogP contribution in [0.5, 0.6) is 0 Å². The Hall–Kier alpha value is -2.63. The molecule has 0 bridgehead atoms. The third-order valence-electron chi connectivity index (χ3n) is 5.06. The van der Waals surface area contributed by atoms with Crippen LogP contribution >= 0.6 is 0 Å². The number of carbonyl (C=O) groups excluding carboxylic acids is 4. The summed E-state index contributed by atoms with van der Waals surface area (Å²) in [6, 6.07) is -4.62. The summed E-state index contributed by atoms with van der Waals surface area (Å²) >= 11 is 0. The molecule has 3 amide bonds. The zero-order chi connectivity index (χ0) is 24.6. The number of carbonyl (C=O) groups is 4. The minimum atomic E-state index is -1.44. The maximum atomic E-state index is 13.4. The van der Waals surface area contributed by atoms with Gasteiger partial charge in [0.25, 0.3) is 5.91 Å². The topological polar surface area (TPSA) is 184 Å². The van der Waals surface area contributed by atoms with Gasteiger partial charge in [-0.2, -0.15) is 0 Å². The molecule has 1 aromatic rings. The predicted molar refractivity (Wildman–Crippen MR) is 118 cm³/mol. The number of aldehydes is 1. The van der Waals surface area contributed by atoms with Gasteiger partial charge >= 0.3 is 0 Å². The van der Waals surface area contributed by atoms with E-state index in [-0.39, 0.29) is 24.7 Å². The molecule has 11 nitrogen and oxygen atoms in total. The molecule has 5 atom stereocenters. The summed E-state index contributed by atoms with van der Waals surface area (Å²) in [5.41, 5.74) is 12.6. The summed E-state index contributed by atoms with van der Waals surface area (Å²) in [5.74, 6) is -2.57. The van der Waals surface area contributed by atoms with Crippen LogP contribution in [0.25, 0.3) is 0 Å². The molecule has 1 rings (SSSR count). The molecule has 1 heterocycles. The fourth-order valence-electron chi connectivity index (χ4n) is 3.10. The summed E-state index contributed by atoms with van der Waals surface area (Å²) in [6.07, 6.45) is 2.36. The lowest BCUT2D eigenvalue weighted by Crippen LogP contribution is -2.62. The van der Waals surface area contributed by atoms with E-state index in [4.69, 9.17) is 11.5 Å². The Labute approximate surface area is 188 Å². The molecule has 0 saturated carbocycles. The number of nitrogens with zero attached hydrogens (tertiary/aromatic N) is 2. The van der Waals surface area contributed by atoms with E-state index in [1.165, 1.54) is 19.4 Å². The monoisotopic (exact) mass is 452 g/mol. The van der Waals surface area contributed by atoms with Crippen LogP contribution in [0, 0.1) is 11.8 Å². The van der Waals surface area contributed by atoms with Gasteiger partial charge in [-0.1, -0.05) is 27.7 Å². The molecule has 0 saturated heterocycles. The van der Waals surface area contributed by atoms with Crippen LogP contribution in [0.3, 0.4) is 0 Å². The molecule has 0 radical (unpaired) electrons. The highest BCUT2D eigenvalue weighted by atomic mass is 16.3. The first kappa shape index (κ1) is 27.4. The average molecular weight is 453 g/mol. The van der Waals surface area contributed by atoms with Gasteiger partial charge in [0.2, 0.25) is 11.8 Å². The normalized spacial score (nSPS) is 16.2. The van der Waals surface area contributed by atoms with E-state index in [1.807, 2.05) is 13.8 Å². The lowest BCUT2D eigenvalue weighted by Gasteiger charge is -2.34. The molecule has 0 unspecified atom stereocenters. The fourth-order valence-corrected chi connectivity index (χ4v) is 3.10. The Kier molecular flexibility index (Phi) is 10.6. The number of rotatable bonds is 12. The number of nitrogens with two attached hydrogens (primary N) is 2. The molecule has 0 aliphatic rings. The quantitative estimate of drug-likeness (QED) is 0.252. The Morgan fingerprint density at radius 1 is 1.19 bits per heavy atom. The maximum Gasteiger partial charge on any atom is 0.252 e. The van der Waals surface area contributed by atoms with E-state index < -0.39 is 48.0 Å². The first-order chi connectivity index (χ1) is 14.9. The molecule has 7 N–H and O–H groups in total. The summed E-state index contributed by atoms with van der Waals surface area (Å²) in [5, 5.41) is 12.6. The summed E-state index contributed by atoms with van der Waals surface area (Å²) in [4.78, 5) is 58.2. The Morgan fingerprint density at radius 3 is 2.25 bits per heavy atom. The van der Waals surface area contributed by atoms with Gasteiger partial charge in [0.05, 0.1) is 24.5 Å². The van der Waals surface area contributed by atoms with Crippen LogP contribution in [0.1, 0.15) is 46.7 Å². The number of imide groups is 1. The largest absolute Gasteiger partial charge is 0.391 e. The smallest absolute Gasteiger partial charge is 0.252 e. The van der Waals surface area contributed by atoms with Gasteiger partial charge in [0.1, 0.15) is 18.4 Å². The van der Waals surface area contributed by atoms with Gasteiger partial charge in [-0.05, 0) is 25.2 Å². The number of H-pyrrole nitrogens is 1. The number of aliphatic hydroxyl groups excluding tert-OH is 1. The minimum Gasteiger partial charge on any atom is -0.391 e. The molecule has 1 aromatic heterocycles. The molecule has 11 heteroatoms. The van der Waals surface area contributed by atoms with Crippen LogP contribution in [0.4, 0.5) is 0 Å². The van der Waals surface area contributed by atoms with Gasteiger partial charge in [0, 0.05) is 18.3 Å². The molecule has 0 spiro atoms. The van der Waals surface area contributed by atoms with Crippen molar-refractivity contribution in [1.29, 1.82) is 0 Å². The molecular weight excluding hydrogens is 416 g/mol. The zero-order valence-corrected chi connectivity index (χ0v) is 19.3. The van der Waals surface area contributed by atoms with Crippen molar-refractivity contribution in [3.63, 3.8) is 0 Å². The number of aromatic amines is 1. The standard InChI is InChI=1S/C21H36N6O5/c1-11(2)6-16(26-19(30)15(22)7-14-8-24-10-25-14)20(31)27(17(9-28)13(5)29)21(32)18(23)12(3)4/h8-13,15-18,29H,6-7,22-23H2,1-5H3,(H,24,25)(H,26,30)/t13-,15+,16+,17-,18+/m1/s1. The number of imidazole rings is 1. The SMILES string of the molecule is CC(C)C[C@H](NC(=O)[C@@H](N)Cc1cnc[nH]1)C(=O)N(C(=O)[C@@H](N)C(C)C)[C@H](C=O)[C@@H](C)O. The lowest BCUT2D eigenvalue weighted by molar-refractivity contribution is -0.156. The van der Waals surface area contributed by atoms with Crippen molar-refractivity contribution in [1.82, 2.24) is 20.2 Å². The summed E-state index contributed by atoms with van der Waals surface area (Å²) in [6.45, 7) is 8.38. The van der Waals surface area contributed by atoms with Crippen LogP contribution in [0.2, 0.25) is 0 Å². The Bertz CT molecular complexity index is 765. The highest BCUT2D eigenvalue weighted by Crippen LogP contribution is 2.15. The fraction of sp³-hybridized carbons (Fsp3) is 0.667. The van der Waals surface area contributed by atoms with E-state index in [0.29, 0.717) is 16.9 Å². The highest BCUT2D eigenvalue weighted by molar-refractivity contribution is 6.03. The molecule has 0 fully saturated rings. The molecule has 0 aliphatic carbocycles. The van der Waals surface area contributed by atoms with Crippen molar-refractivity contribution in [2.24, 2.45) is 23.3 Å². The van der Waals surface area contributed by atoms with Gasteiger partial charge < -0.3 is 31.7 Å². The number of aromatic nitrogens is 2. The minimum absolute atomic E-state index is 0.0370. The van der Waals surface area contributed by atoms with Crippen molar-refractivity contribution in [2.75, 3.05) is 0 Å². The van der Waals surface area contributed by atoms with Crippen molar-refractivity contribution >= 4 is 24.0 Å². The second-order valence-corrected chi connectivity index (χ2v) is 8.76. The van der Waals surface area contributed by atoms with Crippen molar-refractivity contribution in [3.8, 4) is 0 Å². The molecular formula is C21H36N6O5. The van der Waals surface area contributed by atoms with E-state index in [2.05, 4.69) is 15.3 Å². The summed E-state index contributed by atoms with van der Waals surface area (Å²) in [7, 11) is 0. The van der Waals surface area contributed by atoms with Crippen LogP contribution in [0.15, 0.2) is 12.5 Å². The van der Waals surface area contributed by atoms with Crippen LogP contribution in [-0.4, -0.2) is 74.3 Å². The number of hydrogen-bond acceptors (Lipinski definition) is 8. The second kappa shape index (κ2) is 12.4. The predicted octanol–water partition coefficient (Wildman–Crippen LogP) is -0.903. The third-order valence-corrected chi connectivity index (χ3v) is 5.06. The van der Waals surface area contributed by atoms with Gasteiger partial charge in [-0.3, -0.25) is 19.3 Å². The Morgan fingerprint density at radius 2 is 1.81 bits per heavy atom. The number of hydrogen-bond donors (Lipinski definition) is 5. The second-order valence-electron chi connectivity index (χ2n) is 8.76. The van der Waals surface area contributed by atoms with Gasteiger partial charge in [0.15, 0.2) is 0 Å². The first-order valence-corrected chi connectivity index (χ1v) is 10.7. The molecule has 180 valence electrons. The van der Waals surface area contributed by atoms with E-state index in [1.54, 1.807) is 13.8 Å². The zero-order valence-electron chi connectivity index (χ0n) is 19.3. The molecule has 0 aliphatic heterocycles. The lowest BCUT2D eigenvalue weighted by atomic mass is 9.98. The third kappa shape index (κ3) is 7.50. The van der Waals surface area contributed by atoms with Gasteiger partial charge in [-0.25, -0.2) is 4.98 Å². The van der Waals surface area contributed by atoms with Crippen molar-refractivity contribution < 1.29 is 24.3 Å². The van der Waals surface area contributed by atoms with Crippen molar-refractivity contribution in [3.05, 3.63) is 18.2 Å². The first-order valence-electron chi connectivity index (χ1n) is 10.7. The van der Waals surface area contributed by atoms with Crippen LogP contribution in [-0.2, 0) is 25.6 Å². The van der Waals surface area contributed by atoms with Crippen molar-refractivity contribution in [2.45, 2.75) is 77.7 Å². The van der Waals surface area contributed by atoms with Crippen LogP contribution < -0.4 is 16.8 Å². The maximum absolute atomic E-state index is 13.4. The molecule has 32 heavy (non-hydrogen) atoms. The highest BCUT2D eigenvalue weighted by Gasteiger charge is 2.40. The van der Waals surface area contributed by atoms with E-state index in [0.717, 1.165) is 0 Å². The number of aliphatic hydroxyl groups is 1. The van der Waals surface area contributed by atoms with E-state index in [9.17, 15) is 24.3 Å². The Balaban J connectivity index is 3.20. The van der Waals surface area contributed by atoms with E-state index >= 15 is 0 Å². The average Bonchev–Trinajstić information content (AvgIpc) is 3.21. The molecule has 0 aromatic carbocycles. The number of amides is 3. The van der Waals surface area contributed by atoms with Gasteiger partial charge in [-0.15, -0.1) is 0 Å². The number of nitrogens with one attached hydrogen (secondary N) is 2. The summed E-state index contributed by atoms with van der Waals surface area (Å²) < 4.78 is 0.